The van der Waals surface area contributed by atoms with E-state index in [-0.39, 0.29) is 5.97 Å². The van der Waals surface area contributed by atoms with E-state index in [0.717, 1.165) is 37.9 Å². The van der Waals surface area contributed by atoms with Crippen molar-refractivity contribution in [2.75, 3.05) is 6.61 Å². The second-order valence-electron chi connectivity index (χ2n) is 6.25. The number of nitrogens with zero attached hydrogens (tertiary/aromatic N) is 1. The number of ether oxygens (including phenoxy) is 1. The lowest BCUT2D eigenvalue weighted by molar-refractivity contribution is -0.137. The van der Waals surface area contributed by atoms with Crippen molar-refractivity contribution in [2.45, 2.75) is 77.0 Å². The zero-order valence-corrected chi connectivity index (χ0v) is 15.0. The number of aromatic nitrogens is 2. The molecule has 0 aromatic carbocycles. The highest BCUT2D eigenvalue weighted by Crippen LogP contribution is 2.11. The van der Waals surface area contributed by atoms with Crippen LogP contribution in [0.25, 0.3) is 0 Å². The van der Waals surface area contributed by atoms with Gasteiger partial charge >= 0.3 is 5.97 Å². The molecule has 0 atom stereocenters. The van der Waals surface area contributed by atoms with E-state index < -0.39 is 0 Å². The van der Waals surface area contributed by atoms with Crippen LogP contribution in [0.15, 0.2) is 18.9 Å². The van der Waals surface area contributed by atoms with Gasteiger partial charge in [0.25, 0.3) is 0 Å². The minimum atomic E-state index is -0.316. The van der Waals surface area contributed by atoms with E-state index in [1.54, 1.807) is 0 Å². The number of imidazole rings is 1. The van der Waals surface area contributed by atoms with E-state index in [9.17, 15) is 4.79 Å². The molecule has 1 rings (SSSR count). The van der Waals surface area contributed by atoms with Crippen molar-refractivity contribution < 1.29 is 9.53 Å². The summed E-state index contributed by atoms with van der Waals surface area (Å²) in [4.78, 5) is 18.6. The molecule has 1 aromatic heterocycles. The molecule has 0 fully saturated rings. The minimum absolute atomic E-state index is 0.316. The number of esters is 1. The first kappa shape index (κ1) is 20.5. The third-order valence-electron chi connectivity index (χ3n) is 4.09. The first-order chi connectivity index (χ1) is 11.8. The molecule has 1 radical (unpaired) electrons. The van der Waals surface area contributed by atoms with Crippen LogP contribution in [0, 0.1) is 6.92 Å². The predicted octanol–water partition coefficient (Wildman–Crippen LogP) is 4.96. The van der Waals surface area contributed by atoms with Gasteiger partial charge in [-0.15, -0.1) is 0 Å². The quantitative estimate of drug-likeness (QED) is 0.280. The Balaban J connectivity index is 1.83. The van der Waals surface area contributed by atoms with Crippen molar-refractivity contribution in [2.24, 2.45) is 0 Å². The van der Waals surface area contributed by atoms with Gasteiger partial charge in [-0.3, -0.25) is 0 Å². The minimum Gasteiger partial charge on any atom is -0.463 e. The van der Waals surface area contributed by atoms with Gasteiger partial charge in [-0.1, -0.05) is 58.4 Å². The van der Waals surface area contributed by atoms with Crippen LogP contribution >= 0.6 is 0 Å². The van der Waals surface area contributed by atoms with E-state index in [1.807, 2.05) is 6.20 Å². The van der Waals surface area contributed by atoms with Gasteiger partial charge in [0.1, 0.15) is 5.82 Å². The Labute approximate surface area is 147 Å². The molecule has 1 heterocycles. The fraction of sp³-hybridized carbons (Fsp3) is 0.650. The van der Waals surface area contributed by atoms with Gasteiger partial charge < -0.3 is 9.72 Å². The lowest BCUT2D eigenvalue weighted by atomic mass is 10.1. The van der Waals surface area contributed by atoms with Crippen LogP contribution in [-0.4, -0.2) is 22.5 Å². The fourth-order valence-corrected chi connectivity index (χ4v) is 2.71. The van der Waals surface area contributed by atoms with E-state index in [0.29, 0.717) is 6.61 Å². The monoisotopic (exact) mass is 333 g/mol. The third kappa shape index (κ3) is 10.2. The molecule has 0 aliphatic carbocycles. The smallest absolute Gasteiger partial charge is 0.330 e. The highest BCUT2D eigenvalue weighted by Gasteiger charge is 2.00. The predicted molar refractivity (Wildman–Crippen MR) is 98.7 cm³/mol. The van der Waals surface area contributed by atoms with Crippen molar-refractivity contribution >= 4 is 5.97 Å². The Morgan fingerprint density at radius 2 is 1.67 bits per heavy atom. The number of carbonyl (C=O) groups excluding carboxylic acids is 1. The van der Waals surface area contributed by atoms with Crippen molar-refractivity contribution in [1.29, 1.82) is 0 Å². The van der Waals surface area contributed by atoms with E-state index >= 15 is 0 Å². The van der Waals surface area contributed by atoms with Gasteiger partial charge in [0.15, 0.2) is 0 Å². The summed E-state index contributed by atoms with van der Waals surface area (Å²) in [5.74, 6) is 0.752. The molecule has 0 amide bonds. The molecule has 1 aromatic rings. The maximum absolute atomic E-state index is 10.8. The number of nitrogens with one attached hydrogen (secondary N) is 1. The van der Waals surface area contributed by atoms with E-state index in [4.69, 9.17) is 4.74 Å². The van der Waals surface area contributed by atoms with Crippen molar-refractivity contribution in [3.63, 3.8) is 0 Å². The SMILES string of the molecule is [CH2]CCc1nc(CCCCCCCCCCCOC(=O)C=C)c[nH]1. The van der Waals surface area contributed by atoms with Gasteiger partial charge in [-0.05, 0) is 25.7 Å². The highest BCUT2D eigenvalue weighted by atomic mass is 16.5. The molecule has 4 nitrogen and oxygen atoms in total. The fourth-order valence-electron chi connectivity index (χ4n) is 2.71. The summed E-state index contributed by atoms with van der Waals surface area (Å²) in [6, 6.07) is 0. The molecule has 0 saturated carbocycles. The molecule has 0 bridgehead atoms. The Hall–Kier alpha value is -1.58. The van der Waals surface area contributed by atoms with Crippen LogP contribution in [0.4, 0.5) is 0 Å². The summed E-state index contributed by atoms with van der Waals surface area (Å²) in [6.45, 7) is 7.75. The van der Waals surface area contributed by atoms with Gasteiger partial charge in [-0.2, -0.15) is 0 Å². The zero-order chi connectivity index (χ0) is 17.5. The summed E-state index contributed by atoms with van der Waals surface area (Å²) in [7, 11) is 0. The maximum atomic E-state index is 10.8. The van der Waals surface area contributed by atoms with Crippen LogP contribution < -0.4 is 0 Å². The van der Waals surface area contributed by atoms with Crippen LogP contribution in [-0.2, 0) is 22.4 Å². The zero-order valence-electron chi connectivity index (χ0n) is 15.0. The molecular formula is C20H33N2O2. The average molecular weight is 333 g/mol. The van der Waals surface area contributed by atoms with Crippen LogP contribution in [0.1, 0.15) is 75.7 Å². The second kappa shape index (κ2) is 13.8. The summed E-state index contributed by atoms with van der Waals surface area (Å²) in [6.07, 6.45) is 17.2. The van der Waals surface area contributed by atoms with Crippen molar-refractivity contribution in [1.82, 2.24) is 9.97 Å². The van der Waals surface area contributed by atoms with E-state index in [2.05, 4.69) is 23.5 Å². The third-order valence-corrected chi connectivity index (χ3v) is 4.09. The van der Waals surface area contributed by atoms with Crippen molar-refractivity contribution in [3.8, 4) is 0 Å². The normalized spacial score (nSPS) is 10.7. The summed E-state index contributed by atoms with van der Waals surface area (Å²) < 4.78 is 4.95. The van der Waals surface area contributed by atoms with E-state index in [1.165, 1.54) is 56.7 Å². The number of H-pyrrole nitrogens is 1. The largest absolute Gasteiger partial charge is 0.463 e. The van der Waals surface area contributed by atoms with Crippen LogP contribution in [0.5, 0.6) is 0 Å². The summed E-state index contributed by atoms with van der Waals surface area (Å²) >= 11 is 0. The molecule has 0 aliphatic rings. The molecule has 135 valence electrons. The Morgan fingerprint density at radius 3 is 2.29 bits per heavy atom. The van der Waals surface area contributed by atoms with Crippen LogP contribution in [0.3, 0.4) is 0 Å². The number of carbonyl (C=O) groups is 1. The molecule has 1 N–H and O–H groups in total. The van der Waals surface area contributed by atoms with Gasteiger partial charge in [0, 0.05) is 18.7 Å². The number of rotatable bonds is 15. The lowest BCUT2D eigenvalue weighted by Gasteiger charge is -2.03. The van der Waals surface area contributed by atoms with Gasteiger partial charge in [0.05, 0.1) is 12.3 Å². The molecule has 0 spiro atoms. The number of unbranched alkanes of at least 4 members (excludes halogenated alkanes) is 8. The average Bonchev–Trinajstić information content (AvgIpc) is 3.03. The summed E-state index contributed by atoms with van der Waals surface area (Å²) in [5, 5.41) is 0. The van der Waals surface area contributed by atoms with Gasteiger partial charge in [-0.25, -0.2) is 9.78 Å². The Morgan fingerprint density at radius 1 is 1.04 bits per heavy atom. The second-order valence-corrected chi connectivity index (χ2v) is 6.25. The lowest BCUT2D eigenvalue weighted by Crippen LogP contribution is -2.01. The highest BCUT2D eigenvalue weighted by molar-refractivity contribution is 5.81. The topological polar surface area (TPSA) is 55.0 Å². The molecular weight excluding hydrogens is 300 g/mol. The Bertz CT molecular complexity index is 454. The number of hydrogen-bond donors (Lipinski definition) is 1. The number of aromatic amines is 1. The molecule has 0 aliphatic heterocycles. The number of aryl methyl sites for hydroxylation is 2. The van der Waals surface area contributed by atoms with Crippen LogP contribution in [0.2, 0.25) is 0 Å². The molecule has 24 heavy (non-hydrogen) atoms. The molecule has 4 heteroatoms. The van der Waals surface area contributed by atoms with Gasteiger partial charge in [0.2, 0.25) is 0 Å². The first-order valence-electron chi connectivity index (χ1n) is 9.38. The number of hydrogen-bond acceptors (Lipinski definition) is 3. The van der Waals surface area contributed by atoms with Crippen molar-refractivity contribution in [3.05, 3.63) is 37.3 Å². The Kier molecular flexibility index (Phi) is 11.8. The maximum Gasteiger partial charge on any atom is 0.330 e. The molecule has 0 unspecified atom stereocenters. The molecule has 0 saturated heterocycles. The first-order valence-corrected chi connectivity index (χ1v) is 9.38. The summed E-state index contributed by atoms with van der Waals surface area (Å²) in [5.41, 5.74) is 1.19. The standard InChI is InChI=1S/C20H33N2O2/c1-3-14-19-21-17-18(22-19)15-12-10-8-6-5-7-9-11-13-16-24-20(23)4-2/h4,17H,1-3,5-16H2,(H,21,22).